The molecule has 1 amide bonds. The van der Waals surface area contributed by atoms with Gasteiger partial charge in [0, 0.05) is 5.54 Å². The standard InChI is InChI=1S/C12H24ClNO3/c1-11(2,3)14(8-9(15)7-13)10(16)17-12(4,5)6/h9,15H,7-8H2,1-6H3/t9-/m1/s1. The summed E-state index contributed by atoms with van der Waals surface area (Å²) in [4.78, 5) is 13.5. The van der Waals surface area contributed by atoms with Crippen LogP contribution in [0.25, 0.3) is 0 Å². The summed E-state index contributed by atoms with van der Waals surface area (Å²) in [6, 6.07) is 0. The minimum Gasteiger partial charge on any atom is -0.444 e. The van der Waals surface area contributed by atoms with Crippen LogP contribution < -0.4 is 0 Å². The Morgan fingerprint density at radius 2 is 1.76 bits per heavy atom. The first-order chi connectivity index (χ1) is 7.47. The average Bonchev–Trinajstić information content (AvgIpc) is 2.08. The fourth-order valence-electron chi connectivity index (χ4n) is 1.20. The molecule has 0 saturated carbocycles. The number of carbonyl (C=O) groups excluding carboxylic acids is 1. The van der Waals surface area contributed by atoms with E-state index >= 15 is 0 Å². The van der Waals surface area contributed by atoms with E-state index in [1.54, 1.807) is 0 Å². The Hall–Kier alpha value is -0.480. The van der Waals surface area contributed by atoms with Gasteiger partial charge in [0.15, 0.2) is 0 Å². The molecule has 102 valence electrons. The molecule has 1 atom stereocenters. The first-order valence-electron chi connectivity index (χ1n) is 5.72. The van der Waals surface area contributed by atoms with Crippen LogP contribution in [0.3, 0.4) is 0 Å². The molecule has 0 heterocycles. The maximum atomic E-state index is 12.0. The first kappa shape index (κ1) is 16.5. The van der Waals surface area contributed by atoms with E-state index in [1.807, 2.05) is 41.5 Å². The van der Waals surface area contributed by atoms with Gasteiger partial charge in [0.1, 0.15) is 5.60 Å². The fraction of sp³-hybridized carbons (Fsp3) is 0.917. The third kappa shape index (κ3) is 6.74. The molecule has 0 aliphatic carbocycles. The van der Waals surface area contributed by atoms with Crippen molar-refractivity contribution in [2.24, 2.45) is 0 Å². The van der Waals surface area contributed by atoms with Crippen molar-refractivity contribution in [2.75, 3.05) is 12.4 Å². The fourth-order valence-corrected chi connectivity index (χ4v) is 1.30. The average molecular weight is 266 g/mol. The summed E-state index contributed by atoms with van der Waals surface area (Å²) < 4.78 is 5.30. The lowest BCUT2D eigenvalue weighted by atomic mass is 10.1. The third-order valence-corrected chi connectivity index (χ3v) is 2.35. The number of hydrogen-bond donors (Lipinski definition) is 1. The largest absolute Gasteiger partial charge is 0.444 e. The van der Waals surface area contributed by atoms with Crippen molar-refractivity contribution in [1.29, 1.82) is 0 Å². The number of β-amino-alcohol motifs (C(OH)–C–C–N with tert-alkyl or cyclic N) is 1. The number of rotatable bonds is 3. The molecule has 0 aromatic heterocycles. The summed E-state index contributed by atoms with van der Waals surface area (Å²) in [6.45, 7) is 11.3. The van der Waals surface area contributed by atoms with Gasteiger partial charge < -0.3 is 14.7 Å². The van der Waals surface area contributed by atoms with Crippen molar-refractivity contribution in [3.63, 3.8) is 0 Å². The zero-order chi connectivity index (χ0) is 13.9. The number of aliphatic hydroxyl groups excluding tert-OH is 1. The number of carbonyl (C=O) groups is 1. The number of aliphatic hydroxyl groups is 1. The predicted molar refractivity (Wildman–Crippen MR) is 69.4 cm³/mol. The zero-order valence-corrected chi connectivity index (χ0v) is 12.3. The first-order valence-corrected chi connectivity index (χ1v) is 6.25. The van der Waals surface area contributed by atoms with Crippen molar-refractivity contribution in [2.45, 2.75) is 58.8 Å². The van der Waals surface area contributed by atoms with Crippen molar-refractivity contribution >= 4 is 17.7 Å². The number of halogens is 1. The van der Waals surface area contributed by atoms with Crippen LogP contribution in [0.15, 0.2) is 0 Å². The van der Waals surface area contributed by atoms with Gasteiger partial charge in [-0.25, -0.2) is 4.79 Å². The normalized spacial score (nSPS) is 14.4. The summed E-state index contributed by atoms with van der Waals surface area (Å²) >= 11 is 5.56. The van der Waals surface area contributed by atoms with Gasteiger partial charge >= 0.3 is 6.09 Å². The van der Waals surface area contributed by atoms with Gasteiger partial charge in [0.05, 0.1) is 18.5 Å². The molecule has 17 heavy (non-hydrogen) atoms. The molecule has 0 spiro atoms. The molecule has 0 aromatic carbocycles. The monoisotopic (exact) mass is 265 g/mol. The lowest BCUT2D eigenvalue weighted by molar-refractivity contribution is -0.00522. The topological polar surface area (TPSA) is 49.8 Å². The van der Waals surface area contributed by atoms with E-state index in [-0.39, 0.29) is 12.4 Å². The maximum absolute atomic E-state index is 12.0. The summed E-state index contributed by atoms with van der Waals surface area (Å²) in [5.41, 5.74) is -0.970. The quantitative estimate of drug-likeness (QED) is 0.798. The van der Waals surface area contributed by atoms with Crippen molar-refractivity contribution in [3.8, 4) is 0 Å². The van der Waals surface area contributed by atoms with Gasteiger partial charge in [-0.3, -0.25) is 0 Å². The molecule has 0 unspecified atom stereocenters. The van der Waals surface area contributed by atoms with Crippen LogP contribution >= 0.6 is 11.6 Å². The van der Waals surface area contributed by atoms with Crippen molar-refractivity contribution in [1.82, 2.24) is 4.90 Å². The highest BCUT2D eigenvalue weighted by atomic mass is 35.5. The Morgan fingerprint density at radius 3 is 2.06 bits per heavy atom. The minimum atomic E-state index is -0.747. The number of hydrogen-bond acceptors (Lipinski definition) is 3. The molecule has 0 rings (SSSR count). The van der Waals surface area contributed by atoms with Crippen LogP contribution in [0.5, 0.6) is 0 Å². The summed E-state index contributed by atoms with van der Waals surface area (Å²) in [5, 5.41) is 9.56. The molecule has 0 fully saturated rings. The smallest absolute Gasteiger partial charge is 0.410 e. The Bertz CT molecular complexity index is 255. The molecule has 0 bridgehead atoms. The van der Waals surface area contributed by atoms with Gasteiger partial charge in [-0.2, -0.15) is 0 Å². The molecule has 0 aliphatic heterocycles. The lowest BCUT2D eigenvalue weighted by Gasteiger charge is -2.37. The van der Waals surface area contributed by atoms with Crippen molar-refractivity contribution < 1.29 is 14.6 Å². The zero-order valence-electron chi connectivity index (χ0n) is 11.6. The maximum Gasteiger partial charge on any atom is 0.410 e. The Morgan fingerprint density at radius 1 is 1.29 bits per heavy atom. The predicted octanol–water partition coefficient (Wildman–Crippen LogP) is 2.62. The van der Waals surface area contributed by atoms with E-state index in [2.05, 4.69) is 0 Å². The van der Waals surface area contributed by atoms with Gasteiger partial charge in [0.2, 0.25) is 0 Å². The lowest BCUT2D eigenvalue weighted by Crippen LogP contribution is -2.51. The highest BCUT2D eigenvalue weighted by molar-refractivity contribution is 6.18. The molecular formula is C12H24ClNO3. The molecule has 4 nitrogen and oxygen atoms in total. The third-order valence-electron chi connectivity index (χ3n) is 2.00. The Balaban J connectivity index is 4.76. The second kappa shape index (κ2) is 5.91. The van der Waals surface area contributed by atoms with Crippen LogP contribution in [0.2, 0.25) is 0 Å². The van der Waals surface area contributed by atoms with E-state index in [9.17, 15) is 9.90 Å². The van der Waals surface area contributed by atoms with Gasteiger partial charge in [-0.15, -0.1) is 11.6 Å². The minimum absolute atomic E-state index is 0.0926. The molecule has 0 radical (unpaired) electrons. The van der Waals surface area contributed by atoms with Gasteiger partial charge in [-0.05, 0) is 41.5 Å². The molecule has 5 heteroatoms. The van der Waals surface area contributed by atoms with Gasteiger partial charge in [0.25, 0.3) is 0 Å². The van der Waals surface area contributed by atoms with Crippen molar-refractivity contribution in [3.05, 3.63) is 0 Å². The van der Waals surface area contributed by atoms with Crippen LogP contribution in [0.1, 0.15) is 41.5 Å². The highest BCUT2D eigenvalue weighted by Crippen LogP contribution is 2.19. The summed E-state index contributed by atoms with van der Waals surface area (Å²) in [6.07, 6.45) is -1.18. The number of nitrogens with zero attached hydrogens (tertiary/aromatic N) is 1. The van der Waals surface area contributed by atoms with Crippen LogP contribution in [-0.2, 0) is 4.74 Å². The van der Waals surface area contributed by atoms with Crippen LogP contribution in [-0.4, -0.2) is 45.8 Å². The second-order valence-corrected chi connectivity index (χ2v) is 6.38. The van der Waals surface area contributed by atoms with Gasteiger partial charge in [-0.1, -0.05) is 0 Å². The van der Waals surface area contributed by atoms with Crippen LogP contribution in [0, 0.1) is 0 Å². The molecule has 0 aromatic rings. The second-order valence-electron chi connectivity index (χ2n) is 6.07. The Kier molecular flexibility index (Phi) is 5.75. The molecular weight excluding hydrogens is 242 g/mol. The van der Waals surface area contributed by atoms with E-state index in [1.165, 1.54) is 4.90 Å². The Labute approximate surface area is 109 Å². The molecule has 0 aliphatic rings. The molecule has 1 N–H and O–H groups in total. The van der Waals surface area contributed by atoms with E-state index in [0.717, 1.165) is 0 Å². The number of ether oxygens (including phenoxy) is 1. The van der Waals surface area contributed by atoms with E-state index < -0.39 is 23.3 Å². The van der Waals surface area contributed by atoms with E-state index in [0.29, 0.717) is 0 Å². The summed E-state index contributed by atoms with van der Waals surface area (Å²) in [7, 11) is 0. The number of alkyl halides is 1. The summed E-state index contributed by atoms with van der Waals surface area (Å²) in [5.74, 6) is 0.0926. The SMILES string of the molecule is CC(C)(C)OC(=O)N(C[C@H](O)CCl)C(C)(C)C. The molecule has 0 saturated heterocycles. The highest BCUT2D eigenvalue weighted by Gasteiger charge is 2.31. The van der Waals surface area contributed by atoms with Crippen LogP contribution in [0.4, 0.5) is 4.79 Å². The number of amides is 1. The van der Waals surface area contributed by atoms with E-state index in [4.69, 9.17) is 16.3 Å².